The minimum absolute atomic E-state index is 0.101. The molecule has 28 heavy (non-hydrogen) atoms. The van der Waals surface area contributed by atoms with Crippen molar-refractivity contribution in [3.05, 3.63) is 53.6 Å². The zero-order valence-corrected chi connectivity index (χ0v) is 16.7. The fourth-order valence-electron chi connectivity index (χ4n) is 2.46. The van der Waals surface area contributed by atoms with E-state index in [4.69, 9.17) is 19.5 Å². The summed E-state index contributed by atoms with van der Waals surface area (Å²) in [6, 6.07) is 14.8. The third kappa shape index (κ3) is 6.20. The van der Waals surface area contributed by atoms with Crippen molar-refractivity contribution in [3.63, 3.8) is 0 Å². The second kappa shape index (κ2) is 9.65. The third-order valence-corrected chi connectivity index (χ3v) is 4.06. The molecule has 0 radical (unpaired) electrons. The number of nitrogens with one attached hydrogen (secondary N) is 1. The number of hydrogen-bond acceptors (Lipinski definition) is 5. The molecule has 0 heterocycles. The molecule has 2 aromatic rings. The summed E-state index contributed by atoms with van der Waals surface area (Å²) >= 11 is 0. The lowest BCUT2D eigenvalue weighted by atomic mass is 9.87. The van der Waals surface area contributed by atoms with Crippen LogP contribution in [0.25, 0.3) is 0 Å². The molecule has 0 aliphatic rings. The van der Waals surface area contributed by atoms with E-state index in [0.29, 0.717) is 30.2 Å². The van der Waals surface area contributed by atoms with Gasteiger partial charge in [0.2, 0.25) is 0 Å². The molecule has 0 bridgehead atoms. The van der Waals surface area contributed by atoms with Crippen LogP contribution in [0.2, 0.25) is 0 Å². The zero-order chi connectivity index (χ0) is 20.6. The summed E-state index contributed by atoms with van der Waals surface area (Å²) < 4.78 is 16.3. The molecule has 2 aromatic carbocycles. The summed E-state index contributed by atoms with van der Waals surface area (Å²) in [5, 5.41) is 11.6. The Hall–Kier alpha value is -3.20. The summed E-state index contributed by atoms with van der Waals surface area (Å²) in [6.45, 7) is 7.06. The fraction of sp³-hybridized carbons (Fsp3) is 0.364. The van der Waals surface area contributed by atoms with E-state index in [1.165, 1.54) is 12.7 Å². The van der Waals surface area contributed by atoms with Crippen molar-refractivity contribution < 1.29 is 19.0 Å². The minimum Gasteiger partial charge on any atom is -0.493 e. The van der Waals surface area contributed by atoms with Gasteiger partial charge in [0.25, 0.3) is 5.91 Å². The molecular formula is C22H26N2O4. The summed E-state index contributed by atoms with van der Waals surface area (Å²) in [5.74, 6) is 1.32. The van der Waals surface area contributed by atoms with Crippen LogP contribution in [0.3, 0.4) is 0 Å². The number of methoxy groups -OCH3 is 1. The smallest absolute Gasteiger partial charge is 0.258 e. The summed E-state index contributed by atoms with van der Waals surface area (Å²) in [7, 11) is 1.48. The van der Waals surface area contributed by atoms with E-state index < -0.39 is 0 Å². The molecule has 6 heteroatoms. The van der Waals surface area contributed by atoms with Gasteiger partial charge in [0, 0.05) is 6.07 Å². The highest BCUT2D eigenvalue weighted by molar-refractivity contribution is 5.77. The van der Waals surface area contributed by atoms with Gasteiger partial charge in [-0.25, -0.2) is 0 Å². The highest BCUT2D eigenvalue weighted by atomic mass is 16.5. The maximum Gasteiger partial charge on any atom is 0.258 e. The van der Waals surface area contributed by atoms with Crippen molar-refractivity contribution in [2.45, 2.75) is 26.2 Å². The number of nitrogens with zero attached hydrogens (tertiary/aromatic N) is 1. The monoisotopic (exact) mass is 382 g/mol. The quantitative estimate of drug-likeness (QED) is 0.708. The Labute approximate surface area is 166 Å². The first-order valence-electron chi connectivity index (χ1n) is 9.04. The molecule has 0 spiro atoms. The molecule has 0 aliphatic carbocycles. The summed E-state index contributed by atoms with van der Waals surface area (Å²) in [5.41, 5.74) is 1.80. The Bertz CT molecular complexity index is 833. The van der Waals surface area contributed by atoms with Gasteiger partial charge in [0.1, 0.15) is 12.4 Å². The van der Waals surface area contributed by atoms with E-state index in [1.807, 2.05) is 30.3 Å². The first kappa shape index (κ1) is 21.1. The first-order valence-corrected chi connectivity index (χ1v) is 9.04. The SMILES string of the molecule is COc1cc(C#N)ccc1OCC(=O)NCCOc1ccc(C(C)(C)C)cc1. The molecule has 0 fully saturated rings. The first-order chi connectivity index (χ1) is 13.3. The van der Waals surface area contributed by atoms with Gasteiger partial charge in [-0.05, 0) is 35.2 Å². The number of hydrogen-bond donors (Lipinski definition) is 1. The lowest BCUT2D eigenvalue weighted by Gasteiger charge is -2.19. The van der Waals surface area contributed by atoms with Crippen LogP contribution in [0, 0.1) is 11.3 Å². The van der Waals surface area contributed by atoms with Crippen LogP contribution in [-0.4, -0.2) is 32.8 Å². The molecule has 0 saturated heterocycles. The lowest BCUT2D eigenvalue weighted by molar-refractivity contribution is -0.123. The van der Waals surface area contributed by atoms with Crippen LogP contribution in [0.15, 0.2) is 42.5 Å². The Kier molecular flexibility index (Phi) is 7.28. The minimum atomic E-state index is -0.266. The Morgan fingerprint density at radius 2 is 1.79 bits per heavy atom. The molecule has 0 saturated carbocycles. The van der Waals surface area contributed by atoms with Crippen molar-refractivity contribution in [3.8, 4) is 23.3 Å². The average Bonchev–Trinajstić information content (AvgIpc) is 2.69. The molecule has 1 amide bonds. The normalized spacial score (nSPS) is 10.7. The van der Waals surface area contributed by atoms with Crippen LogP contribution in [0.5, 0.6) is 17.2 Å². The van der Waals surface area contributed by atoms with E-state index in [-0.39, 0.29) is 17.9 Å². The lowest BCUT2D eigenvalue weighted by Crippen LogP contribution is -2.32. The van der Waals surface area contributed by atoms with Gasteiger partial charge in [-0.2, -0.15) is 5.26 Å². The van der Waals surface area contributed by atoms with Gasteiger partial charge in [-0.1, -0.05) is 32.9 Å². The highest BCUT2D eigenvalue weighted by Gasteiger charge is 2.13. The van der Waals surface area contributed by atoms with Crippen molar-refractivity contribution in [2.24, 2.45) is 0 Å². The van der Waals surface area contributed by atoms with E-state index in [1.54, 1.807) is 18.2 Å². The van der Waals surface area contributed by atoms with E-state index in [2.05, 4.69) is 26.1 Å². The van der Waals surface area contributed by atoms with Crippen LogP contribution < -0.4 is 19.5 Å². The average molecular weight is 382 g/mol. The Morgan fingerprint density at radius 1 is 1.07 bits per heavy atom. The molecule has 1 N–H and O–H groups in total. The van der Waals surface area contributed by atoms with Crippen molar-refractivity contribution in [2.75, 3.05) is 26.9 Å². The van der Waals surface area contributed by atoms with Crippen molar-refractivity contribution >= 4 is 5.91 Å². The number of ether oxygens (including phenoxy) is 3. The van der Waals surface area contributed by atoms with Crippen LogP contribution in [0.1, 0.15) is 31.9 Å². The van der Waals surface area contributed by atoms with Crippen LogP contribution in [-0.2, 0) is 10.2 Å². The fourth-order valence-corrected chi connectivity index (χ4v) is 2.46. The maximum absolute atomic E-state index is 11.9. The number of carbonyl (C=O) groups is 1. The third-order valence-electron chi connectivity index (χ3n) is 4.06. The summed E-state index contributed by atoms with van der Waals surface area (Å²) in [6.07, 6.45) is 0. The zero-order valence-electron chi connectivity index (χ0n) is 16.7. The van der Waals surface area contributed by atoms with Gasteiger partial charge in [-0.3, -0.25) is 4.79 Å². The molecule has 148 valence electrons. The number of rotatable bonds is 8. The number of nitriles is 1. The van der Waals surface area contributed by atoms with E-state index in [9.17, 15) is 4.79 Å². The number of carbonyl (C=O) groups excluding carboxylic acids is 1. The molecule has 0 aromatic heterocycles. The summed E-state index contributed by atoms with van der Waals surface area (Å²) in [4.78, 5) is 11.9. The standard InChI is InChI=1S/C22H26N2O4/c1-22(2,3)17-6-8-18(9-7-17)27-12-11-24-21(25)15-28-19-10-5-16(14-23)13-20(19)26-4/h5-10,13H,11-12,15H2,1-4H3,(H,24,25). The molecule has 0 atom stereocenters. The van der Waals surface area contributed by atoms with Gasteiger partial charge in [-0.15, -0.1) is 0 Å². The predicted octanol–water partition coefficient (Wildman–Crippen LogP) is 3.44. The van der Waals surface area contributed by atoms with Crippen LogP contribution >= 0.6 is 0 Å². The number of amides is 1. The second-order valence-electron chi connectivity index (χ2n) is 7.24. The van der Waals surface area contributed by atoms with Crippen LogP contribution in [0.4, 0.5) is 0 Å². The molecule has 0 unspecified atom stereocenters. The molecule has 2 rings (SSSR count). The number of benzene rings is 2. The van der Waals surface area contributed by atoms with E-state index >= 15 is 0 Å². The Balaban J connectivity index is 1.73. The Morgan fingerprint density at radius 3 is 2.39 bits per heavy atom. The van der Waals surface area contributed by atoms with Gasteiger partial charge < -0.3 is 19.5 Å². The second-order valence-corrected chi connectivity index (χ2v) is 7.24. The largest absolute Gasteiger partial charge is 0.493 e. The maximum atomic E-state index is 11.9. The van der Waals surface area contributed by atoms with Crippen molar-refractivity contribution in [1.29, 1.82) is 5.26 Å². The molecular weight excluding hydrogens is 356 g/mol. The molecule has 0 aliphatic heterocycles. The van der Waals surface area contributed by atoms with Crippen molar-refractivity contribution in [1.82, 2.24) is 5.32 Å². The van der Waals surface area contributed by atoms with Gasteiger partial charge >= 0.3 is 0 Å². The molecule has 6 nitrogen and oxygen atoms in total. The highest BCUT2D eigenvalue weighted by Crippen LogP contribution is 2.27. The predicted molar refractivity (Wildman–Crippen MR) is 107 cm³/mol. The van der Waals surface area contributed by atoms with E-state index in [0.717, 1.165) is 5.75 Å². The van der Waals surface area contributed by atoms with Gasteiger partial charge in [0.15, 0.2) is 18.1 Å². The van der Waals surface area contributed by atoms with Gasteiger partial charge in [0.05, 0.1) is 25.3 Å². The topological polar surface area (TPSA) is 80.6 Å².